The number of piperazine rings is 1. The lowest BCUT2D eigenvalue weighted by atomic mass is 10.2. The molecule has 0 bridgehead atoms. The van der Waals surface area contributed by atoms with Gasteiger partial charge in [0.15, 0.2) is 5.96 Å². The zero-order valence-corrected chi connectivity index (χ0v) is 19.3. The highest BCUT2D eigenvalue weighted by Crippen LogP contribution is 2.22. The first kappa shape index (κ1) is 22.5. The maximum atomic E-state index is 5.82. The Kier molecular flexibility index (Phi) is 7.64. The molecule has 2 heterocycles. The fourth-order valence-corrected chi connectivity index (χ4v) is 3.84. The highest BCUT2D eigenvalue weighted by atomic mass is 16.5. The number of aliphatic imine (C=N–C) groups is 1. The number of methoxy groups -OCH3 is 1. The van der Waals surface area contributed by atoms with E-state index < -0.39 is 0 Å². The molecule has 1 fully saturated rings. The largest absolute Gasteiger partial charge is 0.497 e. The molecule has 0 saturated carbocycles. The van der Waals surface area contributed by atoms with Crippen molar-refractivity contribution in [2.24, 2.45) is 4.99 Å². The lowest BCUT2D eigenvalue weighted by molar-refractivity contribution is 0.301. The SMILES string of the molecule is CN=C(NCc1ccc(OCc2ccccn2)cc1)N1CCN(c2cccc(OC)c2)CC1. The predicted octanol–water partition coefficient (Wildman–Crippen LogP) is 3.57. The number of rotatable bonds is 7. The van der Waals surface area contributed by atoms with Crippen molar-refractivity contribution in [3.05, 3.63) is 84.2 Å². The Hall–Kier alpha value is -3.74. The normalized spacial score (nSPS) is 14.2. The molecule has 4 rings (SSSR count). The summed E-state index contributed by atoms with van der Waals surface area (Å²) >= 11 is 0. The van der Waals surface area contributed by atoms with Crippen LogP contribution in [0.2, 0.25) is 0 Å². The van der Waals surface area contributed by atoms with Crippen molar-refractivity contribution in [2.45, 2.75) is 13.2 Å². The quantitative estimate of drug-likeness (QED) is 0.443. The van der Waals surface area contributed by atoms with E-state index in [4.69, 9.17) is 9.47 Å². The van der Waals surface area contributed by atoms with Gasteiger partial charge >= 0.3 is 0 Å². The van der Waals surface area contributed by atoms with Gasteiger partial charge in [0.1, 0.15) is 18.1 Å². The van der Waals surface area contributed by atoms with Gasteiger partial charge in [-0.1, -0.05) is 24.3 Å². The van der Waals surface area contributed by atoms with E-state index in [1.54, 1.807) is 13.3 Å². The first-order chi connectivity index (χ1) is 16.2. The molecule has 33 heavy (non-hydrogen) atoms. The molecule has 0 radical (unpaired) electrons. The number of anilines is 1. The number of nitrogens with one attached hydrogen (secondary N) is 1. The fraction of sp³-hybridized carbons (Fsp3) is 0.308. The van der Waals surface area contributed by atoms with Crippen molar-refractivity contribution in [3.63, 3.8) is 0 Å². The van der Waals surface area contributed by atoms with Crippen molar-refractivity contribution in [3.8, 4) is 11.5 Å². The van der Waals surface area contributed by atoms with Crippen LogP contribution < -0.4 is 19.7 Å². The zero-order valence-electron chi connectivity index (χ0n) is 19.3. The van der Waals surface area contributed by atoms with Crippen molar-refractivity contribution < 1.29 is 9.47 Å². The lowest BCUT2D eigenvalue weighted by Gasteiger charge is -2.37. The minimum Gasteiger partial charge on any atom is -0.497 e. The molecule has 0 aliphatic carbocycles. The first-order valence-electron chi connectivity index (χ1n) is 11.2. The maximum Gasteiger partial charge on any atom is 0.194 e. The molecule has 1 N–H and O–H groups in total. The Morgan fingerprint density at radius 1 is 0.970 bits per heavy atom. The number of hydrogen-bond acceptors (Lipinski definition) is 5. The van der Waals surface area contributed by atoms with Crippen LogP contribution in [0.4, 0.5) is 5.69 Å². The number of hydrogen-bond donors (Lipinski definition) is 1. The minimum atomic E-state index is 0.465. The average molecular weight is 446 g/mol. The van der Waals surface area contributed by atoms with E-state index >= 15 is 0 Å². The van der Waals surface area contributed by atoms with Gasteiger partial charge in [-0.25, -0.2) is 0 Å². The predicted molar refractivity (Wildman–Crippen MR) is 132 cm³/mol. The first-order valence-corrected chi connectivity index (χ1v) is 11.2. The van der Waals surface area contributed by atoms with Gasteiger partial charge in [0.25, 0.3) is 0 Å². The van der Waals surface area contributed by atoms with Crippen LogP contribution in [0, 0.1) is 0 Å². The molecule has 1 aliphatic rings. The van der Waals surface area contributed by atoms with Crippen LogP contribution in [0.15, 0.2) is 77.9 Å². The van der Waals surface area contributed by atoms with E-state index in [1.807, 2.05) is 49.5 Å². The molecular formula is C26H31N5O2. The van der Waals surface area contributed by atoms with Crippen molar-refractivity contribution in [1.29, 1.82) is 0 Å². The topological polar surface area (TPSA) is 62.2 Å². The molecule has 2 aromatic carbocycles. The van der Waals surface area contributed by atoms with Gasteiger partial charge in [-0.05, 0) is 42.0 Å². The van der Waals surface area contributed by atoms with Gasteiger partial charge < -0.3 is 24.6 Å². The van der Waals surface area contributed by atoms with E-state index in [9.17, 15) is 0 Å². The van der Waals surface area contributed by atoms with Crippen LogP contribution in [-0.4, -0.2) is 56.2 Å². The number of nitrogens with zero attached hydrogens (tertiary/aromatic N) is 4. The standard InChI is InChI=1S/C26H31N5O2/c1-27-26(31-16-14-30(15-17-31)23-7-5-8-25(18-23)32-2)29-19-21-9-11-24(12-10-21)33-20-22-6-3-4-13-28-22/h3-13,18H,14-17,19-20H2,1-2H3,(H,27,29). The molecule has 0 unspecified atom stereocenters. The number of ether oxygens (including phenoxy) is 2. The van der Waals surface area contributed by atoms with Crippen LogP contribution in [0.1, 0.15) is 11.3 Å². The molecule has 1 aromatic heterocycles. The summed E-state index contributed by atoms with van der Waals surface area (Å²) in [4.78, 5) is 13.5. The summed E-state index contributed by atoms with van der Waals surface area (Å²) in [6.45, 7) is 4.89. The van der Waals surface area contributed by atoms with Crippen LogP contribution in [0.3, 0.4) is 0 Å². The van der Waals surface area contributed by atoms with E-state index in [0.717, 1.165) is 49.3 Å². The van der Waals surface area contributed by atoms with Crippen molar-refractivity contribution >= 4 is 11.6 Å². The lowest BCUT2D eigenvalue weighted by Crippen LogP contribution is -2.52. The van der Waals surface area contributed by atoms with Crippen LogP contribution >= 0.6 is 0 Å². The molecule has 0 spiro atoms. The monoisotopic (exact) mass is 445 g/mol. The van der Waals surface area contributed by atoms with Gasteiger partial charge in [-0.15, -0.1) is 0 Å². The Bertz CT molecular complexity index is 1030. The third-order valence-electron chi connectivity index (χ3n) is 5.70. The molecule has 1 saturated heterocycles. The van der Waals surface area contributed by atoms with Gasteiger partial charge in [0.05, 0.1) is 12.8 Å². The second-order valence-electron chi connectivity index (χ2n) is 7.83. The number of aromatic nitrogens is 1. The zero-order chi connectivity index (χ0) is 22.9. The highest BCUT2D eigenvalue weighted by molar-refractivity contribution is 5.80. The van der Waals surface area contributed by atoms with Gasteiger partial charge in [0, 0.05) is 57.7 Å². The van der Waals surface area contributed by atoms with Gasteiger partial charge in [-0.3, -0.25) is 9.98 Å². The second-order valence-corrected chi connectivity index (χ2v) is 7.83. The summed E-state index contributed by atoms with van der Waals surface area (Å²) in [6, 6.07) is 22.2. The third-order valence-corrected chi connectivity index (χ3v) is 5.70. The minimum absolute atomic E-state index is 0.465. The molecule has 0 atom stereocenters. The molecule has 7 heteroatoms. The van der Waals surface area contributed by atoms with Crippen molar-refractivity contribution in [2.75, 3.05) is 45.2 Å². The van der Waals surface area contributed by atoms with Crippen LogP contribution in [0.25, 0.3) is 0 Å². The highest BCUT2D eigenvalue weighted by Gasteiger charge is 2.20. The van der Waals surface area contributed by atoms with Crippen LogP contribution in [0.5, 0.6) is 11.5 Å². The summed E-state index contributed by atoms with van der Waals surface area (Å²) in [5, 5.41) is 3.49. The van der Waals surface area contributed by atoms with Crippen LogP contribution in [-0.2, 0) is 13.2 Å². The molecule has 7 nitrogen and oxygen atoms in total. The van der Waals surface area contributed by atoms with Gasteiger partial charge in [0.2, 0.25) is 0 Å². The summed E-state index contributed by atoms with van der Waals surface area (Å²) < 4.78 is 11.2. The molecular weight excluding hydrogens is 414 g/mol. The Morgan fingerprint density at radius 2 is 1.79 bits per heavy atom. The number of guanidine groups is 1. The fourth-order valence-electron chi connectivity index (χ4n) is 3.84. The Labute approximate surface area is 195 Å². The van der Waals surface area contributed by atoms with Gasteiger partial charge in [-0.2, -0.15) is 0 Å². The Morgan fingerprint density at radius 3 is 2.48 bits per heavy atom. The smallest absolute Gasteiger partial charge is 0.194 e. The maximum absolute atomic E-state index is 5.82. The summed E-state index contributed by atoms with van der Waals surface area (Å²) in [6.07, 6.45) is 1.78. The van der Waals surface area contributed by atoms with E-state index in [-0.39, 0.29) is 0 Å². The molecule has 1 aliphatic heterocycles. The van der Waals surface area contributed by atoms with Crippen molar-refractivity contribution in [1.82, 2.24) is 15.2 Å². The third kappa shape index (κ3) is 6.16. The number of pyridine rings is 1. The second kappa shape index (κ2) is 11.2. The summed E-state index contributed by atoms with van der Waals surface area (Å²) in [7, 11) is 3.54. The Balaban J connectivity index is 1.25. The molecule has 3 aromatic rings. The number of benzene rings is 2. The summed E-state index contributed by atoms with van der Waals surface area (Å²) in [5.41, 5.74) is 3.29. The average Bonchev–Trinajstić information content (AvgIpc) is 2.89. The molecule has 172 valence electrons. The van der Waals surface area contributed by atoms with E-state index in [1.165, 1.54) is 11.3 Å². The van der Waals surface area contributed by atoms with E-state index in [0.29, 0.717) is 13.2 Å². The van der Waals surface area contributed by atoms with E-state index in [2.05, 4.69) is 49.4 Å². The summed E-state index contributed by atoms with van der Waals surface area (Å²) in [5.74, 6) is 2.65. The molecule has 0 amide bonds.